The van der Waals surface area contributed by atoms with E-state index in [1.165, 1.54) is 0 Å². The molecule has 0 radical (unpaired) electrons. The summed E-state index contributed by atoms with van der Waals surface area (Å²) >= 11 is 6.02. The first kappa shape index (κ1) is 21.0. The second-order valence-electron chi connectivity index (χ2n) is 7.88. The quantitative estimate of drug-likeness (QED) is 0.644. The van der Waals surface area contributed by atoms with Crippen LogP contribution in [0.25, 0.3) is 16.8 Å². The average molecular weight is 414 g/mol. The number of aliphatic hydroxyl groups is 1. The van der Waals surface area contributed by atoms with Gasteiger partial charge in [0.25, 0.3) is 5.91 Å². The van der Waals surface area contributed by atoms with Crippen molar-refractivity contribution in [1.82, 2.24) is 25.5 Å². The molecule has 0 unspecified atom stereocenters. The molecule has 8 heteroatoms. The highest BCUT2D eigenvalue weighted by molar-refractivity contribution is 6.30. The minimum atomic E-state index is -0.745. The van der Waals surface area contributed by atoms with Crippen molar-refractivity contribution in [2.45, 2.75) is 39.2 Å². The fraction of sp³-hybridized carbons (Fsp3) is 0.333. The zero-order chi connectivity index (χ0) is 21.2. The number of tetrazole rings is 1. The van der Waals surface area contributed by atoms with Crippen LogP contribution in [0.15, 0.2) is 42.5 Å². The Balaban J connectivity index is 2.13. The Morgan fingerprint density at radius 2 is 1.86 bits per heavy atom. The van der Waals surface area contributed by atoms with E-state index in [0.717, 1.165) is 11.1 Å². The number of amides is 1. The molecule has 152 valence electrons. The van der Waals surface area contributed by atoms with E-state index in [-0.39, 0.29) is 18.4 Å². The zero-order valence-electron chi connectivity index (χ0n) is 16.8. The summed E-state index contributed by atoms with van der Waals surface area (Å²) in [4.78, 5) is 12.9. The second-order valence-corrected chi connectivity index (χ2v) is 8.31. The lowest BCUT2D eigenvalue weighted by atomic mass is 10.00. The van der Waals surface area contributed by atoms with Gasteiger partial charge >= 0.3 is 0 Å². The number of nitrogens with one attached hydrogen (secondary N) is 1. The van der Waals surface area contributed by atoms with E-state index in [9.17, 15) is 9.90 Å². The lowest BCUT2D eigenvalue weighted by Gasteiger charge is -2.23. The van der Waals surface area contributed by atoms with Crippen LogP contribution in [0.1, 0.15) is 49.8 Å². The molecule has 0 spiro atoms. The molecular weight excluding hydrogens is 390 g/mol. The van der Waals surface area contributed by atoms with Crippen LogP contribution in [0.4, 0.5) is 0 Å². The molecular formula is C21H24ClN5O2. The Bertz CT molecular complexity index is 1010. The van der Waals surface area contributed by atoms with Crippen molar-refractivity contribution < 1.29 is 9.90 Å². The fourth-order valence-corrected chi connectivity index (χ4v) is 2.96. The summed E-state index contributed by atoms with van der Waals surface area (Å²) < 4.78 is 1.64. The van der Waals surface area contributed by atoms with Crippen molar-refractivity contribution in [3.05, 3.63) is 58.9 Å². The van der Waals surface area contributed by atoms with Crippen molar-refractivity contribution in [1.29, 1.82) is 0 Å². The molecule has 0 fully saturated rings. The van der Waals surface area contributed by atoms with Crippen LogP contribution >= 0.6 is 11.6 Å². The second kappa shape index (κ2) is 8.31. The van der Waals surface area contributed by atoms with Crippen molar-refractivity contribution in [2.75, 3.05) is 6.61 Å². The maximum Gasteiger partial charge on any atom is 0.251 e. The number of nitrogens with zero attached hydrogens (tertiary/aromatic N) is 4. The molecule has 1 amide bonds. The minimum absolute atomic E-state index is 0.106. The van der Waals surface area contributed by atoms with Crippen molar-refractivity contribution in [3.8, 4) is 16.8 Å². The molecule has 7 nitrogen and oxygen atoms in total. The van der Waals surface area contributed by atoms with Crippen LogP contribution in [-0.2, 0) is 0 Å². The topological polar surface area (TPSA) is 92.9 Å². The first-order valence-electron chi connectivity index (χ1n) is 9.33. The van der Waals surface area contributed by atoms with Crippen LogP contribution in [0, 0.1) is 0 Å². The van der Waals surface area contributed by atoms with Gasteiger partial charge in [-0.2, -0.15) is 4.68 Å². The molecule has 3 aromatic rings. The molecule has 3 rings (SSSR count). The number of carbonyl (C=O) groups is 1. The van der Waals surface area contributed by atoms with Gasteiger partial charge in [-0.1, -0.05) is 37.6 Å². The number of hydrogen-bond acceptors (Lipinski definition) is 5. The van der Waals surface area contributed by atoms with Crippen LogP contribution in [0.2, 0.25) is 5.02 Å². The van der Waals surface area contributed by atoms with Crippen LogP contribution in [0.3, 0.4) is 0 Å². The number of rotatable bonds is 6. The largest absolute Gasteiger partial charge is 0.394 e. The van der Waals surface area contributed by atoms with Crippen molar-refractivity contribution in [2.24, 2.45) is 0 Å². The van der Waals surface area contributed by atoms with Crippen LogP contribution in [0.5, 0.6) is 0 Å². The smallest absolute Gasteiger partial charge is 0.251 e. The highest BCUT2D eigenvalue weighted by atomic mass is 35.5. The van der Waals surface area contributed by atoms with Gasteiger partial charge < -0.3 is 10.4 Å². The van der Waals surface area contributed by atoms with E-state index in [4.69, 9.17) is 11.6 Å². The molecule has 1 heterocycles. The molecule has 1 aromatic heterocycles. The van der Waals surface area contributed by atoms with E-state index in [2.05, 4.69) is 20.8 Å². The highest BCUT2D eigenvalue weighted by Crippen LogP contribution is 2.27. The number of aliphatic hydroxyl groups excluding tert-OH is 1. The highest BCUT2D eigenvalue weighted by Gasteiger charge is 2.22. The third kappa shape index (κ3) is 4.81. The molecule has 0 bridgehead atoms. The molecule has 29 heavy (non-hydrogen) atoms. The van der Waals surface area contributed by atoms with Gasteiger partial charge in [-0.05, 0) is 65.7 Å². The summed E-state index contributed by atoms with van der Waals surface area (Å²) in [6.07, 6.45) is 0. The van der Waals surface area contributed by atoms with Gasteiger partial charge in [0.15, 0.2) is 5.82 Å². The predicted octanol–water partition coefficient (Wildman–Crippen LogP) is 3.61. The SMILES string of the molecule is CC(C)c1nnnn1-c1cc(C(=O)NC(C)(C)CO)cc(-c2ccc(Cl)cc2)c1. The van der Waals surface area contributed by atoms with E-state index < -0.39 is 5.54 Å². The minimum Gasteiger partial charge on any atom is -0.394 e. The lowest BCUT2D eigenvalue weighted by Crippen LogP contribution is -2.46. The number of carbonyl (C=O) groups excluding carboxylic acids is 1. The molecule has 0 aliphatic heterocycles. The van der Waals surface area contributed by atoms with Gasteiger partial charge in [-0.3, -0.25) is 4.79 Å². The normalized spacial score (nSPS) is 11.7. The monoisotopic (exact) mass is 413 g/mol. The van der Waals surface area contributed by atoms with Gasteiger partial charge in [0, 0.05) is 16.5 Å². The van der Waals surface area contributed by atoms with Gasteiger partial charge in [-0.25, -0.2) is 0 Å². The van der Waals surface area contributed by atoms with Crippen LogP contribution < -0.4 is 5.32 Å². The lowest BCUT2D eigenvalue weighted by molar-refractivity contribution is 0.0869. The van der Waals surface area contributed by atoms with Gasteiger partial charge in [0.2, 0.25) is 0 Å². The summed E-state index contributed by atoms with van der Waals surface area (Å²) in [7, 11) is 0. The summed E-state index contributed by atoms with van der Waals surface area (Å²) in [5.41, 5.74) is 2.12. The molecule has 2 aromatic carbocycles. The Morgan fingerprint density at radius 1 is 1.17 bits per heavy atom. The maximum absolute atomic E-state index is 12.9. The molecule has 0 aliphatic carbocycles. The average Bonchev–Trinajstić information content (AvgIpc) is 3.18. The van der Waals surface area contributed by atoms with E-state index in [1.807, 2.05) is 32.0 Å². The Hall–Kier alpha value is -2.77. The Labute approximate surface area is 174 Å². The van der Waals surface area contributed by atoms with Crippen LogP contribution in [-0.4, -0.2) is 43.4 Å². The molecule has 0 saturated heterocycles. The van der Waals surface area contributed by atoms with Gasteiger partial charge in [-0.15, -0.1) is 5.10 Å². The van der Waals surface area contributed by atoms with Gasteiger partial charge in [0.1, 0.15) is 0 Å². The Kier molecular flexibility index (Phi) is 6.00. The molecule has 0 atom stereocenters. The van der Waals surface area contributed by atoms with E-state index in [0.29, 0.717) is 22.1 Å². The number of benzene rings is 2. The fourth-order valence-electron chi connectivity index (χ4n) is 2.83. The van der Waals surface area contributed by atoms with Crippen molar-refractivity contribution in [3.63, 3.8) is 0 Å². The zero-order valence-corrected chi connectivity index (χ0v) is 17.6. The van der Waals surface area contributed by atoms with Gasteiger partial charge in [0.05, 0.1) is 17.8 Å². The number of hydrogen-bond donors (Lipinski definition) is 2. The summed E-state index contributed by atoms with van der Waals surface area (Å²) in [5, 5.41) is 25.0. The molecule has 2 N–H and O–H groups in total. The Morgan fingerprint density at radius 3 is 2.48 bits per heavy atom. The summed E-state index contributed by atoms with van der Waals surface area (Å²) in [6, 6.07) is 12.9. The molecule has 0 aliphatic rings. The van der Waals surface area contributed by atoms with Crippen molar-refractivity contribution >= 4 is 17.5 Å². The summed E-state index contributed by atoms with van der Waals surface area (Å²) in [5.74, 6) is 0.510. The first-order chi connectivity index (χ1) is 13.7. The number of aromatic nitrogens is 4. The molecule has 0 saturated carbocycles. The summed E-state index contributed by atoms with van der Waals surface area (Å²) in [6.45, 7) is 7.35. The standard InChI is InChI=1S/C21H24ClN5O2/c1-13(2)19-24-25-26-27(19)18-10-15(14-5-7-17(22)8-6-14)9-16(11-18)20(29)23-21(3,4)12-28/h5-11,13,28H,12H2,1-4H3,(H,23,29). The van der Waals surface area contributed by atoms with E-state index in [1.54, 1.807) is 42.8 Å². The maximum atomic E-state index is 12.9. The third-order valence-electron chi connectivity index (χ3n) is 4.46. The predicted molar refractivity (Wildman–Crippen MR) is 112 cm³/mol. The third-order valence-corrected chi connectivity index (χ3v) is 4.71. The first-order valence-corrected chi connectivity index (χ1v) is 9.71. The van der Waals surface area contributed by atoms with E-state index >= 15 is 0 Å². The number of halogens is 1.